The summed E-state index contributed by atoms with van der Waals surface area (Å²) < 4.78 is 12.6. The summed E-state index contributed by atoms with van der Waals surface area (Å²) >= 11 is 0. The van der Waals surface area contributed by atoms with Crippen molar-refractivity contribution in [2.75, 3.05) is 44.4 Å². The van der Waals surface area contributed by atoms with E-state index in [9.17, 15) is 14.4 Å². The highest BCUT2D eigenvalue weighted by atomic mass is 16.7. The van der Waals surface area contributed by atoms with Crippen molar-refractivity contribution in [2.45, 2.75) is 45.3 Å². The topological polar surface area (TPSA) is 105 Å². The molecule has 0 aliphatic carbocycles. The Hall–Kier alpha value is -4.31. The molecule has 1 aromatic heterocycles. The fourth-order valence-corrected chi connectivity index (χ4v) is 6.43. The molecule has 0 atom stereocenters. The van der Waals surface area contributed by atoms with Crippen molar-refractivity contribution >= 4 is 46.4 Å². The average molecular weight is 587 g/mol. The lowest BCUT2D eigenvalue weighted by atomic mass is 9.94. The van der Waals surface area contributed by atoms with Crippen LogP contribution in [-0.4, -0.2) is 77.1 Å². The molecule has 43 heavy (non-hydrogen) atoms. The monoisotopic (exact) mass is 586 g/mol. The number of hydrogen-bond donors (Lipinski definition) is 1. The van der Waals surface area contributed by atoms with Crippen LogP contribution in [0.4, 0.5) is 15.3 Å². The number of rotatable bonds is 8. The molecule has 10 heteroatoms. The van der Waals surface area contributed by atoms with Crippen LogP contribution in [0.3, 0.4) is 0 Å². The molecule has 3 aromatic rings. The normalized spacial score (nSPS) is 18.8. The lowest BCUT2D eigenvalue weighted by Crippen LogP contribution is -2.42. The molecule has 6 rings (SSSR count). The Labute approximate surface area is 251 Å². The van der Waals surface area contributed by atoms with E-state index < -0.39 is 12.2 Å². The number of para-hydroxylation sites is 2. The number of carbonyl (C=O) groups excluding carboxylic acids is 2. The quantitative estimate of drug-likeness (QED) is 0.260. The minimum absolute atomic E-state index is 0.00272. The van der Waals surface area contributed by atoms with E-state index in [1.54, 1.807) is 0 Å². The van der Waals surface area contributed by atoms with Crippen molar-refractivity contribution < 1.29 is 29.0 Å². The lowest BCUT2D eigenvalue weighted by molar-refractivity contribution is -0.113. The fourth-order valence-electron chi connectivity index (χ4n) is 6.43. The number of carboxylic acid groups (broad SMARTS) is 1. The molecule has 0 saturated carbocycles. The molecule has 4 heterocycles. The van der Waals surface area contributed by atoms with Gasteiger partial charge < -0.3 is 24.0 Å². The van der Waals surface area contributed by atoms with Gasteiger partial charge in [0.15, 0.2) is 6.73 Å². The molecular weight excluding hydrogens is 548 g/mol. The standard InChI is InChI=1S/C33H38N4O6/c38-31-28(27-9-3-5-11-30(27)37(31)22-34-15-6-1-7-16-34)20-25-21-36(29-10-4-2-8-26(25)29)23-43-33(41)42-19-14-24-12-17-35(18-13-24)32(39)40/h2-5,8-11,20-21,24H,1,6-7,12-19,22-23H2,(H,39,40). The summed E-state index contributed by atoms with van der Waals surface area (Å²) in [6.07, 6.45) is 8.01. The number of ether oxygens (including phenoxy) is 2. The van der Waals surface area contributed by atoms with Crippen molar-refractivity contribution in [1.29, 1.82) is 0 Å². The van der Waals surface area contributed by atoms with Crippen molar-refractivity contribution in [1.82, 2.24) is 14.4 Å². The van der Waals surface area contributed by atoms with Crippen LogP contribution in [-0.2, 0) is 21.0 Å². The number of aromatic nitrogens is 1. The highest BCUT2D eigenvalue weighted by Crippen LogP contribution is 2.39. The number of carbonyl (C=O) groups is 3. The summed E-state index contributed by atoms with van der Waals surface area (Å²) in [5.74, 6) is 0.323. The Bertz CT molecular complexity index is 1520. The van der Waals surface area contributed by atoms with E-state index in [2.05, 4.69) is 4.90 Å². The number of nitrogens with zero attached hydrogens (tertiary/aromatic N) is 4. The van der Waals surface area contributed by atoms with Gasteiger partial charge in [-0.05, 0) is 69.3 Å². The van der Waals surface area contributed by atoms with Crippen molar-refractivity contribution in [2.24, 2.45) is 5.92 Å². The van der Waals surface area contributed by atoms with Crippen molar-refractivity contribution in [3.8, 4) is 0 Å². The summed E-state index contributed by atoms with van der Waals surface area (Å²) in [6, 6.07) is 15.8. The van der Waals surface area contributed by atoms with Gasteiger partial charge in [0.25, 0.3) is 5.91 Å². The number of likely N-dealkylation sites (tertiary alicyclic amines) is 2. The van der Waals surface area contributed by atoms with Crippen molar-refractivity contribution in [3.63, 3.8) is 0 Å². The van der Waals surface area contributed by atoms with Gasteiger partial charge in [0, 0.05) is 41.4 Å². The van der Waals surface area contributed by atoms with Gasteiger partial charge in [0.05, 0.1) is 24.5 Å². The van der Waals surface area contributed by atoms with E-state index >= 15 is 0 Å². The predicted molar refractivity (Wildman–Crippen MR) is 163 cm³/mol. The fraction of sp³-hybridized carbons (Fsp3) is 0.424. The Morgan fingerprint density at radius 1 is 0.930 bits per heavy atom. The first-order valence-corrected chi connectivity index (χ1v) is 15.2. The third kappa shape index (κ3) is 6.39. The molecule has 0 unspecified atom stereocenters. The summed E-state index contributed by atoms with van der Waals surface area (Å²) in [4.78, 5) is 42.9. The van der Waals surface area contributed by atoms with Gasteiger partial charge in [-0.2, -0.15) is 0 Å². The van der Waals surface area contributed by atoms with Gasteiger partial charge in [-0.15, -0.1) is 0 Å². The van der Waals surface area contributed by atoms with E-state index in [4.69, 9.17) is 14.6 Å². The van der Waals surface area contributed by atoms with E-state index in [1.165, 1.54) is 11.3 Å². The third-order valence-electron chi connectivity index (χ3n) is 8.82. The van der Waals surface area contributed by atoms with Crippen molar-refractivity contribution in [3.05, 3.63) is 65.9 Å². The molecule has 0 radical (unpaired) electrons. The zero-order valence-corrected chi connectivity index (χ0v) is 24.3. The highest BCUT2D eigenvalue weighted by molar-refractivity contribution is 6.36. The number of fused-ring (bicyclic) bond motifs is 2. The first-order chi connectivity index (χ1) is 21.0. The number of piperidine rings is 2. The number of hydrogen-bond acceptors (Lipinski definition) is 6. The first-order valence-electron chi connectivity index (χ1n) is 15.2. The van der Waals surface area contributed by atoms with E-state index in [1.807, 2.05) is 70.3 Å². The predicted octanol–water partition coefficient (Wildman–Crippen LogP) is 5.86. The van der Waals surface area contributed by atoms with Gasteiger partial charge in [0.1, 0.15) is 0 Å². The molecule has 2 aromatic carbocycles. The second-order valence-corrected chi connectivity index (χ2v) is 11.6. The van der Waals surface area contributed by atoms with Gasteiger partial charge in [-0.1, -0.05) is 42.8 Å². The van der Waals surface area contributed by atoms with E-state index in [0.717, 1.165) is 66.5 Å². The molecule has 3 aliphatic heterocycles. The van der Waals surface area contributed by atoms with Crippen LogP contribution in [0.5, 0.6) is 0 Å². The summed E-state index contributed by atoms with van der Waals surface area (Å²) in [5, 5.41) is 10.1. The molecule has 0 bridgehead atoms. The molecule has 226 valence electrons. The summed E-state index contributed by atoms with van der Waals surface area (Å²) in [6.45, 7) is 3.84. The van der Waals surface area contributed by atoms with Gasteiger partial charge in [-0.25, -0.2) is 9.59 Å². The molecule has 2 fully saturated rings. The van der Waals surface area contributed by atoms with Crippen LogP contribution in [0.15, 0.2) is 54.7 Å². The number of anilines is 1. The largest absolute Gasteiger partial charge is 0.510 e. The average Bonchev–Trinajstić information content (AvgIpc) is 3.51. The minimum atomic E-state index is -0.885. The third-order valence-corrected chi connectivity index (χ3v) is 8.82. The molecule has 1 N–H and O–H groups in total. The SMILES string of the molecule is O=C(OCCC1CCN(C(=O)O)CC1)OCn1cc(C=C2C(=O)N(CN3CCCCC3)c3ccccc32)c2ccccc21. The smallest absolute Gasteiger partial charge is 0.465 e. The molecular formula is C33H38N4O6. The maximum atomic E-state index is 13.8. The minimum Gasteiger partial charge on any atom is -0.465 e. The lowest BCUT2D eigenvalue weighted by Gasteiger charge is -2.30. The maximum Gasteiger partial charge on any atom is 0.510 e. The van der Waals surface area contributed by atoms with Crippen LogP contribution in [0, 0.1) is 5.92 Å². The molecule has 2 amide bonds. The second kappa shape index (κ2) is 12.9. The maximum absolute atomic E-state index is 13.8. The zero-order chi connectivity index (χ0) is 29.8. The molecule has 2 saturated heterocycles. The Balaban J connectivity index is 1.12. The number of amides is 2. The Morgan fingerprint density at radius 2 is 1.67 bits per heavy atom. The van der Waals surface area contributed by atoms with Gasteiger partial charge >= 0.3 is 12.2 Å². The number of benzene rings is 2. The summed E-state index contributed by atoms with van der Waals surface area (Å²) in [7, 11) is 0. The van der Waals surface area contributed by atoms with E-state index in [0.29, 0.717) is 37.7 Å². The molecule has 0 spiro atoms. The van der Waals surface area contributed by atoms with Crippen LogP contribution in [0.2, 0.25) is 0 Å². The van der Waals surface area contributed by atoms with Crippen LogP contribution >= 0.6 is 0 Å². The van der Waals surface area contributed by atoms with E-state index in [-0.39, 0.29) is 19.2 Å². The van der Waals surface area contributed by atoms with Crippen LogP contribution in [0.1, 0.15) is 49.7 Å². The van der Waals surface area contributed by atoms with Crippen LogP contribution in [0.25, 0.3) is 22.6 Å². The first kappa shape index (κ1) is 28.8. The summed E-state index contributed by atoms with van der Waals surface area (Å²) in [5.41, 5.74) is 4.28. The highest BCUT2D eigenvalue weighted by Gasteiger charge is 2.33. The zero-order valence-electron chi connectivity index (χ0n) is 24.3. The van der Waals surface area contributed by atoms with Gasteiger partial charge in [0.2, 0.25) is 0 Å². The Morgan fingerprint density at radius 3 is 2.47 bits per heavy atom. The molecule has 10 nitrogen and oxygen atoms in total. The second-order valence-electron chi connectivity index (χ2n) is 11.6. The van der Waals surface area contributed by atoms with Crippen LogP contribution < -0.4 is 4.90 Å². The Kier molecular flexibility index (Phi) is 8.64. The molecule has 3 aliphatic rings. The van der Waals surface area contributed by atoms with Gasteiger partial charge in [-0.3, -0.25) is 14.6 Å².